The van der Waals surface area contributed by atoms with Gasteiger partial charge < -0.3 is 9.31 Å². The topological polar surface area (TPSA) is 18.5 Å². The summed E-state index contributed by atoms with van der Waals surface area (Å²) in [5.41, 5.74) is -0.273. The molecule has 4 heteroatoms. The summed E-state index contributed by atoms with van der Waals surface area (Å²) >= 11 is 0. The summed E-state index contributed by atoms with van der Waals surface area (Å²) in [7, 11) is -0.909. The van der Waals surface area contributed by atoms with Crippen LogP contribution in [0.1, 0.15) is 52.5 Å². The molecule has 1 aromatic rings. The highest BCUT2D eigenvalue weighted by Gasteiger charge is 2.53. The maximum atomic E-state index is 14.5. The molecule has 1 atom stereocenters. The van der Waals surface area contributed by atoms with Crippen molar-refractivity contribution in [2.24, 2.45) is 0 Å². The first-order valence-corrected chi connectivity index (χ1v) is 7.54. The number of halogens is 1. The van der Waals surface area contributed by atoms with Crippen LogP contribution in [0.4, 0.5) is 4.39 Å². The first-order chi connectivity index (χ1) is 9.77. The van der Waals surface area contributed by atoms with Gasteiger partial charge in [-0.3, -0.25) is 0 Å². The molecule has 2 nitrogen and oxygen atoms in total. The maximum Gasteiger partial charge on any atom is 0.524 e. The minimum Gasteiger partial charge on any atom is -0.398 e. The van der Waals surface area contributed by atoms with Gasteiger partial charge in [-0.2, -0.15) is 0 Å². The van der Waals surface area contributed by atoms with Gasteiger partial charge in [-0.05, 0) is 45.8 Å². The van der Waals surface area contributed by atoms with Crippen molar-refractivity contribution in [1.29, 1.82) is 0 Å². The van der Waals surface area contributed by atoms with Gasteiger partial charge in [0.25, 0.3) is 0 Å². The van der Waals surface area contributed by atoms with Crippen LogP contribution in [0.3, 0.4) is 0 Å². The number of rotatable bonds is 4. The Morgan fingerprint density at radius 2 is 1.67 bits per heavy atom. The molecule has 0 radical (unpaired) electrons. The molecule has 1 saturated heterocycles. The molecule has 1 fully saturated rings. The fraction of sp³-hybridized carbons (Fsp3) is 0.529. The zero-order chi connectivity index (χ0) is 15.7. The van der Waals surface area contributed by atoms with Crippen LogP contribution in [0, 0.1) is 0 Å². The van der Waals surface area contributed by atoms with Gasteiger partial charge in [-0.25, -0.2) is 4.39 Å². The molecule has 0 spiro atoms. The molecule has 0 amide bonds. The van der Waals surface area contributed by atoms with Crippen molar-refractivity contribution in [3.8, 4) is 0 Å². The van der Waals surface area contributed by atoms with E-state index in [1.807, 2.05) is 65.0 Å². The summed E-state index contributed by atoms with van der Waals surface area (Å²) < 4.78 is 26.0. The second-order valence-electron chi connectivity index (χ2n) is 6.57. The fourth-order valence-electron chi connectivity index (χ4n) is 2.38. The Morgan fingerprint density at radius 1 is 1.14 bits per heavy atom. The van der Waals surface area contributed by atoms with Crippen molar-refractivity contribution in [1.82, 2.24) is 0 Å². The Labute approximate surface area is 127 Å². The Morgan fingerprint density at radius 3 is 2.14 bits per heavy atom. The largest absolute Gasteiger partial charge is 0.524 e. The smallest absolute Gasteiger partial charge is 0.398 e. The van der Waals surface area contributed by atoms with E-state index in [4.69, 9.17) is 9.31 Å². The fourth-order valence-corrected chi connectivity index (χ4v) is 2.38. The van der Waals surface area contributed by atoms with Gasteiger partial charge in [0.05, 0.1) is 11.2 Å². The Hall–Kier alpha value is -1.13. The van der Waals surface area contributed by atoms with Gasteiger partial charge in [0.1, 0.15) is 5.73 Å². The summed E-state index contributed by atoms with van der Waals surface area (Å²) in [6.07, 6.45) is 2.45. The van der Waals surface area contributed by atoms with Crippen molar-refractivity contribution in [2.45, 2.75) is 58.2 Å². The zero-order valence-corrected chi connectivity index (χ0v) is 13.5. The van der Waals surface area contributed by atoms with Crippen LogP contribution in [-0.2, 0) is 9.31 Å². The molecule has 114 valence electrons. The number of benzene rings is 1. The highest BCUT2D eigenvalue weighted by molar-refractivity contribution is 6.53. The van der Waals surface area contributed by atoms with Gasteiger partial charge in [0.15, 0.2) is 0 Å². The molecule has 1 aliphatic heterocycles. The highest BCUT2D eigenvalue weighted by Crippen LogP contribution is 2.39. The monoisotopic (exact) mass is 290 g/mol. The summed E-state index contributed by atoms with van der Waals surface area (Å²) in [5, 5.41) is 0. The third-order valence-electron chi connectivity index (χ3n) is 4.51. The van der Waals surface area contributed by atoms with E-state index in [0.29, 0.717) is 0 Å². The van der Waals surface area contributed by atoms with Crippen LogP contribution < -0.4 is 0 Å². The average molecular weight is 290 g/mol. The van der Waals surface area contributed by atoms with E-state index in [2.05, 4.69) is 0 Å². The molecule has 1 heterocycles. The van der Waals surface area contributed by atoms with Gasteiger partial charge in [0.2, 0.25) is 0 Å². The number of hydrogen-bond acceptors (Lipinski definition) is 2. The lowest BCUT2D eigenvalue weighted by Gasteiger charge is -2.32. The van der Waals surface area contributed by atoms with Crippen molar-refractivity contribution < 1.29 is 13.7 Å². The molecule has 21 heavy (non-hydrogen) atoms. The summed E-state index contributed by atoms with van der Waals surface area (Å²) in [4.78, 5) is 0. The molecule has 2 rings (SSSR count). The van der Waals surface area contributed by atoms with E-state index in [1.54, 1.807) is 6.08 Å². The first kappa shape index (κ1) is 16.2. The van der Waals surface area contributed by atoms with E-state index in [-0.39, 0.29) is 11.6 Å². The van der Waals surface area contributed by atoms with E-state index in [9.17, 15) is 4.39 Å². The third kappa shape index (κ3) is 3.38. The average Bonchev–Trinajstić information content (AvgIpc) is 2.65. The molecule has 1 unspecified atom stereocenters. The summed E-state index contributed by atoms with van der Waals surface area (Å²) in [6, 6.07) is 9.94. The Balaban J connectivity index is 2.18. The van der Waals surface area contributed by atoms with E-state index >= 15 is 0 Å². The minimum absolute atomic E-state index is 0.0326. The normalized spacial score (nSPS) is 22.4. The van der Waals surface area contributed by atoms with E-state index < -0.39 is 18.3 Å². The van der Waals surface area contributed by atoms with Gasteiger partial charge in [-0.1, -0.05) is 37.3 Å². The lowest BCUT2D eigenvalue weighted by Crippen LogP contribution is -2.41. The van der Waals surface area contributed by atoms with Crippen LogP contribution in [-0.4, -0.2) is 18.3 Å². The minimum atomic E-state index is -0.909. The highest BCUT2D eigenvalue weighted by atomic mass is 19.1. The van der Waals surface area contributed by atoms with Crippen LogP contribution in [0.2, 0.25) is 0 Å². The Bertz CT molecular complexity index is 495. The van der Waals surface area contributed by atoms with Crippen LogP contribution >= 0.6 is 0 Å². The molecule has 1 aliphatic rings. The molecular formula is C17H24BFO2. The molecule has 0 bridgehead atoms. The van der Waals surface area contributed by atoms with Crippen LogP contribution in [0.25, 0.3) is 0 Å². The van der Waals surface area contributed by atoms with Crippen LogP contribution in [0.15, 0.2) is 42.1 Å². The summed E-state index contributed by atoms with van der Waals surface area (Å²) in [6.45, 7) is 9.75. The van der Waals surface area contributed by atoms with Gasteiger partial charge >= 0.3 is 7.12 Å². The SMILES string of the molecule is CCC(C=C(F)B1OC(C)(C)C(C)(C)O1)c1ccccc1. The Kier molecular flexibility index (Phi) is 4.59. The van der Waals surface area contributed by atoms with Crippen molar-refractivity contribution in [3.05, 3.63) is 47.7 Å². The predicted octanol–water partition coefficient (Wildman–Crippen LogP) is 4.67. The van der Waals surface area contributed by atoms with Gasteiger partial charge in [0, 0.05) is 5.92 Å². The predicted molar refractivity (Wildman–Crippen MR) is 84.7 cm³/mol. The molecular weight excluding hydrogens is 266 g/mol. The lowest BCUT2D eigenvalue weighted by molar-refractivity contribution is 0.00578. The van der Waals surface area contributed by atoms with E-state index in [1.165, 1.54) is 0 Å². The second kappa shape index (κ2) is 5.94. The number of allylic oxidation sites excluding steroid dienone is 1. The summed E-state index contributed by atoms with van der Waals surface area (Å²) in [5.74, 6) is 0.0326. The van der Waals surface area contributed by atoms with Crippen molar-refractivity contribution in [2.75, 3.05) is 0 Å². The van der Waals surface area contributed by atoms with Crippen LogP contribution in [0.5, 0.6) is 0 Å². The maximum absolute atomic E-state index is 14.5. The molecule has 0 aromatic heterocycles. The molecule has 1 aromatic carbocycles. The molecule has 0 N–H and O–H groups in total. The quantitative estimate of drug-likeness (QED) is 0.750. The molecule has 0 saturated carbocycles. The van der Waals surface area contributed by atoms with Crippen molar-refractivity contribution >= 4 is 7.12 Å². The second-order valence-corrected chi connectivity index (χ2v) is 6.57. The number of hydrogen-bond donors (Lipinski definition) is 0. The van der Waals surface area contributed by atoms with Gasteiger partial charge in [-0.15, -0.1) is 0 Å². The third-order valence-corrected chi connectivity index (χ3v) is 4.51. The van der Waals surface area contributed by atoms with Crippen molar-refractivity contribution in [3.63, 3.8) is 0 Å². The molecule has 0 aliphatic carbocycles. The lowest BCUT2D eigenvalue weighted by atomic mass is 9.84. The van der Waals surface area contributed by atoms with E-state index in [0.717, 1.165) is 12.0 Å². The zero-order valence-electron chi connectivity index (χ0n) is 13.5. The first-order valence-electron chi connectivity index (χ1n) is 7.54. The standard InChI is InChI=1S/C17H24BFO2/c1-6-13(14-10-8-7-9-11-14)12-15(19)18-20-16(2,3)17(4,5)21-18/h7-13H,6H2,1-5H3.